The molecular formula is C11H19N5O2. The van der Waals surface area contributed by atoms with Gasteiger partial charge in [-0.15, -0.1) is 5.10 Å². The molecule has 0 radical (unpaired) electrons. The molecule has 7 heteroatoms. The van der Waals surface area contributed by atoms with E-state index >= 15 is 0 Å². The highest BCUT2D eigenvalue weighted by Crippen LogP contribution is 2.26. The van der Waals surface area contributed by atoms with Gasteiger partial charge in [0.25, 0.3) is 0 Å². The van der Waals surface area contributed by atoms with Crippen molar-refractivity contribution in [1.29, 1.82) is 0 Å². The van der Waals surface area contributed by atoms with Crippen molar-refractivity contribution < 1.29 is 9.53 Å². The Bertz CT molecular complexity index is 437. The molecule has 0 N–H and O–H groups in total. The molecule has 1 fully saturated rings. The van der Waals surface area contributed by atoms with Gasteiger partial charge in [-0.2, -0.15) is 0 Å². The quantitative estimate of drug-likeness (QED) is 0.744. The molecule has 0 saturated carbocycles. The van der Waals surface area contributed by atoms with E-state index in [1.807, 2.05) is 27.8 Å². The average Bonchev–Trinajstić information content (AvgIpc) is 2.82. The molecule has 1 aromatic heterocycles. The smallest absolute Gasteiger partial charge is 0.410 e. The molecular weight excluding hydrogens is 234 g/mol. The lowest BCUT2D eigenvalue weighted by molar-refractivity contribution is 0.0292. The van der Waals surface area contributed by atoms with E-state index in [2.05, 4.69) is 15.5 Å². The molecule has 0 unspecified atom stereocenters. The molecule has 7 nitrogen and oxygen atoms in total. The number of aryl methyl sites for hydroxylation is 1. The Labute approximate surface area is 106 Å². The fourth-order valence-electron chi connectivity index (χ4n) is 2.05. The van der Waals surface area contributed by atoms with Crippen LogP contribution in [0.25, 0.3) is 0 Å². The van der Waals surface area contributed by atoms with Gasteiger partial charge in [0.2, 0.25) is 0 Å². The summed E-state index contributed by atoms with van der Waals surface area (Å²) in [4.78, 5) is 13.6. The van der Waals surface area contributed by atoms with Gasteiger partial charge in [0.05, 0.1) is 0 Å². The van der Waals surface area contributed by atoms with E-state index in [9.17, 15) is 4.79 Å². The Morgan fingerprint density at radius 3 is 2.72 bits per heavy atom. The summed E-state index contributed by atoms with van der Waals surface area (Å²) in [6.45, 7) is 6.90. The molecule has 1 aromatic rings. The van der Waals surface area contributed by atoms with E-state index in [4.69, 9.17) is 4.74 Å². The number of hydrogen-bond donors (Lipinski definition) is 0. The van der Waals surface area contributed by atoms with Crippen LogP contribution in [0.15, 0.2) is 0 Å². The summed E-state index contributed by atoms with van der Waals surface area (Å²) in [6.07, 6.45) is 0.605. The van der Waals surface area contributed by atoms with Crippen molar-refractivity contribution in [2.75, 3.05) is 13.1 Å². The third-order valence-corrected chi connectivity index (χ3v) is 2.86. The normalized spacial score (nSPS) is 20.2. The number of amides is 1. The minimum absolute atomic E-state index is 0.192. The van der Waals surface area contributed by atoms with Gasteiger partial charge in [0, 0.05) is 26.1 Å². The molecule has 1 aliphatic heterocycles. The first-order valence-electron chi connectivity index (χ1n) is 6.07. The van der Waals surface area contributed by atoms with Crippen molar-refractivity contribution in [2.24, 2.45) is 7.05 Å². The molecule has 1 aliphatic rings. The molecule has 1 saturated heterocycles. The molecule has 18 heavy (non-hydrogen) atoms. The number of nitrogens with zero attached hydrogens (tertiary/aromatic N) is 5. The number of ether oxygens (including phenoxy) is 1. The summed E-state index contributed by atoms with van der Waals surface area (Å²) in [7, 11) is 1.81. The first-order chi connectivity index (χ1) is 8.37. The van der Waals surface area contributed by atoms with Crippen molar-refractivity contribution in [1.82, 2.24) is 25.1 Å². The van der Waals surface area contributed by atoms with Gasteiger partial charge in [-0.05, 0) is 37.6 Å². The van der Waals surface area contributed by atoms with E-state index in [1.165, 1.54) is 0 Å². The SMILES string of the molecule is Cn1nnnc1[C@H]1CCN(C(=O)OC(C)(C)C)C1. The molecule has 0 aliphatic carbocycles. The van der Waals surface area contributed by atoms with Gasteiger partial charge < -0.3 is 9.64 Å². The predicted molar refractivity (Wildman–Crippen MR) is 64.0 cm³/mol. The number of carbonyl (C=O) groups excluding carboxylic acids is 1. The highest BCUT2D eigenvalue weighted by atomic mass is 16.6. The molecule has 1 atom stereocenters. The van der Waals surface area contributed by atoms with Crippen LogP contribution in [0.3, 0.4) is 0 Å². The molecule has 2 rings (SSSR count). The number of aromatic nitrogens is 4. The molecule has 0 bridgehead atoms. The van der Waals surface area contributed by atoms with Crippen LogP contribution < -0.4 is 0 Å². The van der Waals surface area contributed by atoms with E-state index < -0.39 is 5.60 Å². The monoisotopic (exact) mass is 253 g/mol. The predicted octanol–water partition coefficient (Wildman–Crippen LogP) is 0.934. The number of hydrogen-bond acceptors (Lipinski definition) is 5. The summed E-state index contributed by atoms with van der Waals surface area (Å²) >= 11 is 0. The topological polar surface area (TPSA) is 73.1 Å². The van der Waals surface area contributed by atoms with Gasteiger partial charge in [0.1, 0.15) is 5.60 Å². The Balaban J connectivity index is 1.97. The zero-order valence-electron chi connectivity index (χ0n) is 11.3. The first-order valence-corrected chi connectivity index (χ1v) is 6.07. The second-order valence-corrected chi connectivity index (χ2v) is 5.57. The minimum atomic E-state index is -0.457. The van der Waals surface area contributed by atoms with Crippen LogP contribution in [-0.4, -0.2) is 49.9 Å². The second kappa shape index (κ2) is 4.55. The van der Waals surface area contributed by atoms with E-state index in [-0.39, 0.29) is 12.0 Å². The Hall–Kier alpha value is -1.66. The molecule has 0 aromatic carbocycles. The van der Waals surface area contributed by atoms with E-state index in [1.54, 1.807) is 9.58 Å². The van der Waals surface area contributed by atoms with Crippen molar-refractivity contribution in [3.8, 4) is 0 Å². The summed E-state index contributed by atoms with van der Waals surface area (Å²) in [5.41, 5.74) is -0.457. The van der Waals surface area contributed by atoms with Crippen LogP contribution in [0, 0.1) is 0 Å². The number of rotatable bonds is 1. The van der Waals surface area contributed by atoms with Crippen molar-refractivity contribution >= 4 is 6.09 Å². The van der Waals surface area contributed by atoms with Gasteiger partial charge in [-0.1, -0.05) is 0 Å². The maximum Gasteiger partial charge on any atom is 0.410 e. The Morgan fingerprint density at radius 1 is 1.44 bits per heavy atom. The van der Waals surface area contributed by atoms with Gasteiger partial charge >= 0.3 is 6.09 Å². The lowest BCUT2D eigenvalue weighted by Crippen LogP contribution is -2.35. The first kappa shape index (κ1) is 12.8. The highest BCUT2D eigenvalue weighted by Gasteiger charge is 2.32. The van der Waals surface area contributed by atoms with Crippen LogP contribution >= 0.6 is 0 Å². The van der Waals surface area contributed by atoms with Gasteiger partial charge in [-0.3, -0.25) is 0 Å². The fourth-order valence-corrected chi connectivity index (χ4v) is 2.05. The third kappa shape index (κ3) is 2.77. The molecule has 2 heterocycles. The summed E-state index contributed by atoms with van der Waals surface area (Å²) < 4.78 is 7.00. The summed E-state index contributed by atoms with van der Waals surface area (Å²) in [6, 6.07) is 0. The maximum atomic E-state index is 11.9. The van der Waals surface area contributed by atoms with Crippen molar-refractivity contribution in [3.05, 3.63) is 5.82 Å². The Morgan fingerprint density at radius 2 is 2.17 bits per heavy atom. The van der Waals surface area contributed by atoms with Crippen molar-refractivity contribution in [2.45, 2.75) is 38.7 Å². The fraction of sp³-hybridized carbons (Fsp3) is 0.818. The van der Waals surface area contributed by atoms with E-state index in [0.717, 1.165) is 12.2 Å². The van der Waals surface area contributed by atoms with Crippen LogP contribution in [0.4, 0.5) is 4.79 Å². The van der Waals surface area contributed by atoms with Crippen LogP contribution in [0.2, 0.25) is 0 Å². The lowest BCUT2D eigenvalue weighted by atomic mass is 10.1. The number of tetrazole rings is 1. The number of carbonyl (C=O) groups is 1. The zero-order chi connectivity index (χ0) is 13.3. The molecule has 100 valence electrons. The summed E-state index contributed by atoms with van der Waals surface area (Å²) in [5.74, 6) is 1.01. The molecule has 0 spiro atoms. The lowest BCUT2D eigenvalue weighted by Gasteiger charge is -2.24. The Kier molecular flexibility index (Phi) is 3.23. The van der Waals surface area contributed by atoms with Crippen LogP contribution in [-0.2, 0) is 11.8 Å². The van der Waals surface area contributed by atoms with Gasteiger partial charge in [0.15, 0.2) is 5.82 Å². The second-order valence-electron chi connectivity index (χ2n) is 5.57. The standard InChI is InChI=1S/C11H19N5O2/c1-11(2,3)18-10(17)16-6-5-8(7-16)9-12-13-14-15(9)4/h8H,5-7H2,1-4H3/t8-/m0/s1. The van der Waals surface area contributed by atoms with Gasteiger partial charge in [-0.25, -0.2) is 9.48 Å². The largest absolute Gasteiger partial charge is 0.444 e. The summed E-state index contributed by atoms with van der Waals surface area (Å²) in [5, 5.41) is 11.4. The maximum absolute atomic E-state index is 11.9. The highest BCUT2D eigenvalue weighted by molar-refractivity contribution is 5.68. The zero-order valence-corrected chi connectivity index (χ0v) is 11.3. The van der Waals surface area contributed by atoms with Crippen molar-refractivity contribution in [3.63, 3.8) is 0 Å². The van der Waals surface area contributed by atoms with Crippen LogP contribution in [0.5, 0.6) is 0 Å². The molecule has 1 amide bonds. The van der Waals surface area contributed by atoms with Crippen LogP contribution in [0.1, 0.15) is 38.9 Å². The third-order valence-electron chi connectivity index (χ3n) is 2.86. The average molecular weight is 253 g/mol. The van der Waals surface area contributed by atoms with E-state index in [0.29, 0.717) is 13.1 Å². The minimum Gasteiger partial charge on any atom is -0.444 e. The number of likely N-dealkylation sites (tertiary alicyclic amines) is 1.